The summed E-state index contributed by atoms with van der Waals surface area (Å²) in [6.07, 6.45) is 0.462. The Morgan fingerprint density at radius 2 is 2.00 bits per heavy atom. The molecule has 1 aromatic carbocycles. The summed E-state index contributed by atoms with van der Waals surface area (Å²) in [4.78, 5) is 12.1. The molecule has 0 radical (unpaired) electrons. The Balaban J connectivity index is 2.06. The predicted octanol–water partition coefficient (Wildman–Crippen LogP) is 2.90. The molecule has 0 aromatic heterocycles. The predicted molar refractivity (Wildman–Crippen MR) is 78.6 cm³/mol. The number of amides is 1. The summed E-state index contributed by atoms with van der Waals surface area (Å²) >= 11 is 12.0. The van der Waals surface area contributed by atoms with Crippen LogP contribution in [0.15, 0.2) is 18.2 Å². The number of alkyl halides is 2. The number of ether oxygens (including phenoxy) is 2. The number of hydrogen-bond acceptors (Lipinski definition) is 3. The fourth-order valence-corrected chi connectivity index (χ4v) is 2.74. The fourth-order valence-electron chi connectivity index (χ4n) is 2.04. The number of benzene rings is 1. The molecule has 110 valence electrons. The van der Waals surface area contributed by atoms with Crippen LogP contribution in [-0.2, 0) is 11.3 Å². The van der Waals surface area contributed by atoms with E-state index in [9.17, 15) is 4.79 Å². The summed E-state index contributed by atoms with van der Waals surface area (Å²) in [5.41, 5.74) is 0.113. The van der Waals surface area contributed by atoms with Crippen LogP contribution in [0.5, 0.6) is 11.5 Å². The SMILES string of the molecule is COc1ccc(OC)c(CNC(=O)C2(C)CC2(Cl)Cl)c1. The second-order valence-corrected chi connectivity index (χ2v) is 6.56. The van der Waals surface area contributed by atoms with E-state index in [4.69, 9.17) is 32.7 Å². The van der Waals surface area contributed by atoms with Gasteiger partial charge < -0.3 is 14.8 Å². The molecule has 1 aromatic rings. The lowest BCUT2D eigenvalue weighted by Gasteiger charge is -2.15. The van der Waals surface area contributed by atoms with E-state index in [2.05, 4.69) is 5.32 Å². The molecule has 2 rings (SSSR count). The number of nitrogens with one attached hydrogen (secondary N) is 1. The van der Waals surface area contributed by atoms with Gasteiger partial charge in [-0.05, 0) is 31.5 Å². The average molecular weight is 318 g/mol. The van der Waals surface area contributed by atoms with Crippen LogP contribution in [0.2, 0.25) is 0 Å². The van der Waals surface area contributed by atoms with Gasteiger partial charge in [0.05, 0.1) is 19.6 Å². The lowest BCUT2D eigenvalue weighted by atomic mass is 10.1. The lowest BCUT2D eigenvalue weighted by molar-refractivity contribution is -0.125. The zero-order valence-electron chi connectivity index (χ0n) is 11.6. The number of carbonyl (C=O) groups is 1. The summed E-state index contributed by atoms with van der Waals surface area (Å²) < 4.78 is 9.46. The van der Waals surface area contributed by atoms with Gasteiger partial charge in [-0.15, -0.1) is 23.2 Å². The Hall–Kier alpha value is -1.13. The third kappa shape index (κ3) is 2.67. The minimum Gasteiger partial charge on any atom is -0.497 e. The Morgan fingerprint density at radius 3 is 2.50 bits per heavy atom. The van der Waals surface area contributed by atoms with E-state index in [0.29, 0.717) is 24.5 Å². The number of rotatable bonds is 5. The van der Waals surface area contributed by atoms with E-state index in [1.165, 1.54) is 0 Å². The number of carbonyl (C=O) groups excluding carboxylic acids is 1. The third-order valence-electron chi connectivity index (χ3n) is 3.69. The van der Waals surface area contributed by atoms with Crippen molar-refractivity contribution in [3.8, 4) is 11.5 Å². The molecule has 0 spiro atoms. The van der Waals surface area contributed by atoms with Gasteiger partial charge in [0.2, 0.25) is 5.91 Å². The zero-order valence-corrected chi connectivity index (χ0v) is 13.1. The Labute approximate surface area is 128 Å². The largest absolute Gasteiger partial charge is 0.497 e. The highest BCUT2D eigenvalue weighted by Crippen LogP contribution is 2.63. The molecule has 0 heterocycles. The van der Waals surface area contributed by atoms with Crippen LogP contribution < -0.4 is 14.8 Å². The van der Waals surface area contributed by atoms with E-state index >= 15 is 0 Å². The molecule has 1 aliphatic carbocycles. The molecule has 0 bridgehead atoms. The molecule has 0 aliphatic heterocycles. The van der Waals surface area contributed by atoms with Gasteiger partial charge in [0.1, 0.15) is 15.8 Å². The van der Waals surface area contributed by atoms with Gasteiger partial charge in [0.15, 0.2) is 0 Å². The lowest BCUT2D eigenvalue weighted by Crippen LogP contribution is -2.32. The zero-order chi connectivity index (χ0) is 15.0. The van der Waals surface area contributed by atoms with Crippen molar-refractivity contribution in [3.63, 3.8) is 0 Å². The van der Waals surface area contributed by atoms with Gasteiger partial charge in [-0.2, -0.15) is 0 Å². The normalized spacial score (nSPS) is 23.1. The summed E-state index contributed by atoms with van der Waals surface area (Å²) in [5, 5.41) is 2.84. The average Bonchev–Trinajstić information content (AvgIpc) is 2.95. The highest BCUT2D eigenvalue weighted by molar-refractivity contribution is 6.53. The molecule has 1 N–H and O–H groups in total. The minimum absolute atomic E-state index is 0.160. The van der Waals surface area contributed by atoms with E-state index in [-0.39, 0.29) is 5.91 Å². The Bertz CT molecular complexity index is 533. The van der Waals surface area contributed by atoms with Gasteiger partial charge in [0, 0.05) is 12.1 Å². The quantitative estimate of drug-likeness (QED) is 0.849. The van der Waals surface area contributed by atoms with Crippen molar-refractivity contribution < 1.29 is 14.3 Å². The standard InChI is InChI=1S/C14H17Cl2NO3/c1-13(8-14(13,15)16)12(18)17-7-9-6-10(19-2)4-5-11(9)20-3/h4-6H,7-8H2,1-3H3,(H,17,18). The molecule has 1 fully saturated rings. The van der Waals surface area contributed by atoms with Crippen LogP contribution in [0.4, 0.5) is 0 Å². The summed E-state index contributed by atoms with van der Waals surface area (Å²) in [7, 11) is 3.17. The van der Waals surface area contributed by atoms with Crippen LogP contribution >= 0.6 is 23.2 Å². The highest BCUT2D eigenvalue weighted by Gasteiger charge is 2.67. The van der Waals surface area contributed by atoms with Crippen molar-refractivity contribution in [1.82, 2.24) is 5.32 Å². The van der Waals surface area contributed by atoms with Gasteiger partial charge in [-0.1, -0.05) is 0 Å². The first kappa shape index (κ1) is 15.3. The van der Waals surface area contributed by atoms with E-state index in [1.807, 2.05) is 6.07 Å². The van der Waals surface area contributed by atoms with Crippen LogP contribution in [0.1, 0.15) is 18.9 Å². The maximum absolute atomic E-state index is 12.1. The molecule has 6 heteroatoms. The number of halogens is 2. The highest BCUT2D eigenvalue weighted by atomic mass is 35.5. The van der Waals surface area contributed by atoms with Crippen molar-refractivity contribution in [2.75, 3.05) is 14.2 Å². The first-order chi connectivity index (χ1) is 9.34. The smallest absolute Gasteiger partial charge is 0.229 e. The van der Waals surface area contributed by atoms with Crippen molar-refractivity contribution in [1.29, 1.82) is 0 Å². The molecular weight excluding hydrogens is 301 g/mol. The minimum atomic E-state index is -0.963. The summed E-state index contributed by atoms with van der Waals surface area (Å²) in [5.74, 6) is 1.24. The third-order valence-corrected chi connectivity index (χ3v) is 4.79. The van der Waals surface area contributed by atoms with E-state index < -0.39 is 9.75 Å². The first-order valence-electron chi connectivity index (χ1n) is 6.21. The first-order valence-corrected chi connectivity index (χ1v) is 6.97. The Morgan fingerprint density at radius 1 is 1.35 bits per heavy atom. The molecular formula is C14H17Cl2NO3. The molecule has 1 saturated carbocycles. The van der Waals surface area contributed by atoms with E-state index in [0.717, 1.165) is 5.56 Å². The van der Waals surface area contributed by atoms with Crippen molar-refractivity contribution in [3.05, 3.63) is 23.8 Å². The topological polar surface area (TPSA) is 47.6 Å². The molecule has 1 atom stereocenters. The van der Waals surface area contributed by atoms with Crippen LogP contribution in [0.3, 0.4) is 0 Å². The van der Waals surface area contributed by atoms with Gasteiger partial charge in [-0.3, -0.25) is 4.79 Å². The Kier molecular flexibility index (Phi) is 4.07. The summed E-state index contributed by atoms with van der Waals surface area (Å²) in [6, 6.07) is 5.42. The molecule has 1 amide bonds. The van der Waals surface area contributed by atoms with Gasteiger partial charge >= 0.3 is 0 Å². The van der Waals surface area contributed by atoms with Crippen molar-refractivity contribution >= 4 is 29.1 Å². The second kappa shape index (κ2) is 5.34. The van der Waals surface area contributed by atoms with Crippen LogP contribution in [-0.4, -0.2) is 24.5 Å². The van der Waals surface area contributed by atoms with Crippen LogP contribution in [0, 0.1) is 5.41 Å². The summed E-state index contributed by atoms with van der Waals surface area (Å²) in [6.45, 7) is 2.09. The molecule has 20 heavy (non-hydrogen) atoms. The maximum Gasteiger partial charge on any atom is 0.229 e. The molecule has 1 aliphatic rings. The number of hydrogen-bond donors (Lipinski definition) is 1. The monoisotopic (exact) mass is 317 g/mol. The van der Waals surface area contributed by atoms with Gasteiger partial charge in [-0.25, -0.2) is 0 Å². The van der Waals surface area contributed by atoms with Gasteiger partial charge in [0.25, 0.3) is 0 Å². The maximum atomic E-state index is 12.1. The second-order valence-electron chi connectivity index (χ2n) is 5.07. The number of methoxy groups -OCH3 is 2. The molecule has 4 nitrogen and oxygen atoms in total. The van der Waals surface area contributed by atoms with Crippen molar-refractivity contribution in [2.24, 2.45) is 5.41 Å². The van der Waals surface area contributed by atoms with Crippen molar-refractivity contribution in [2.45, 2.75) is 24.2 Å². The molecule has 1 unspecified atom stereocenters. The van der Waals surface area contributed by atoms with E-state index in [1.54, 1.807) is 33.3 Å². The molecule has 0 saturated heterocycles. The fraction of sp³-hybridized carbons (Fsp3) is 0.500. The van der Waals surface area contributed by atoms with Crippen LogP contribution in [0.25, 0.3) is 0 Å².